The molecule has 2 N–H and O–H groups in total. The number of hydrogen-bond donors (Lipinski definition) is 1. The molecule has 0 saturated heterocycles. The largest absolute Gasteiger partial charge is 0.338 e. The Kier molecular flexibility index (Phi) is 3.82. The van der Waals surface area contributed by atoms with Crippen molar-refractivity contribution in [3.63, 3.8) is 0 Å². The molecule has 7 heteroatoms. The lowest BCUT2D eigenvalue weighted by Crippen LogP contribution is -2.18. The highest BCUT2D eigenvalue weighted by Gasteiger charge is 2.09. The Hall–Kier alpha value is -1.31. The van der Waals surface area contributed by atoms with Gasteiger partial charge < -0.3 is 10.3 Å². The van der Waals surface area contributed by atoms with Gasteiger partial charge in [-0.2, -0.15) is 4.98 Å². The highest BCUT2D eigenvalue weighted by atomic mass is 32.1. The van der Waals surface area contributed by atoms with Gasteiger partial charge in [0.2, 0.25) is 5.89 Å². The van der Waals surface area contributed by atoms with Crippen LogP contribution in [-0.4, -0.2) is 27.1 Å². The number of nitrogens with zero attached hydrogens (tertiary/aromatic N) is 4. The van der Waals surface area contributed by atoms with Crippen LogP contribution in [0.4, 0.5) is 0 Å². The summed E-state index contributed by atoms with van der Waals surface area (Å²) in [6.07, 6.45) is 0. The fourth-order valence-electron chi connectivity index (χ4n) is 1.49. The predicted octanol–water partition coefficient (Wildman–Crippen LogP) is 0.925. The minimum Gasteiger partial charge on any atom is -0.338 e. The molecule has 2 aromatic heterocycles. The van der Waals surface area contributed by atoms with Crippen molar-refractivity contribution in [3.05, 3.63) is 27.8 Å². The number of thiazole rings is 1. The maximum absolute atomic E-state index is 5.40. The van der Waals surface area contributed by atoms with Crippen molar-refractivity contribution in [3.8, 4) is 0 Å². The Morgan fingerprint density at radius 1 is 1.41 bits per heavy atom. The molecule has 0 aliphatic rings. The molecule has 0 bridgehead atoms. The first kappa shape index (κ1) is 12.2. The van der Waals surface area contributed by atoms with Gasteiger partial charge in [0.15, 0.2) is 5.82 Å². The number of aromatic nitrogens is 3. The lowest BCUT2D eigenvalue weighted by molar-refractivity contribution is 0.297. The second-order valence-corrected chi connectivity index (χ2v) is 4.90. The molecule has 6 nitrogen and oxygen atoms in total. The van der Waals surface area contributed by atoms with Gasteiger partial charge in [-0.25, -0.2) is 4.98 Å². The zero-order valence-electron chi connectivity index (χ0n) is 9.88. The van der Waals surface area contributed by atoms with E-state index < -0.39 is 0 Å². The molecule has 0 saturated carbocycles. The van der Waals surface area contributed by atoms with Crippen LogP contribution >= 0.6 is 11.3 Å². The van der Waals surface area contributed by atoms with Gasteiger partial charge in [0.25, 0.3) is 0 Å². The van der Waals surface area contributed by atoms with E-state index in [4.69, 9.17) is 10.3 Å². The van der Waals surface area contributed by atoms with Crippen LogP contribution < -0.4 is 5.73 Å². The molecule has 92 valence electrons. The topological polar surface area (TPSA) is 81.1 Å². The minimum absolute atomic E-state index is 0.280. The SMILES string of the molecule is Cc1nc(CN(C)Cc2noc(CN)n2)cs1. The monoisotopic (exact) mass is 253 g/mol. The Morgan fingerprint density at radius 2 is 2.24 bits per heavy atom. The summed E-state index contributed by atoms with van der Waals surface area (Å²) in [6.45, 7) is 3.68. The minimum atomic E-state index is 0.280. The number of rotatable bonds is 5. The van der Waals surface area contributed by atoms with Gasteiger partial charge in [0, 0.05) is 11.9 Å². The van der Waals surface area contributed by atoms with Crippen molar-refractivity contribution in [2.24, 2.45) is 5.73 Å². The number of nitrogens with two attached hydrogens (primary N) is 1. The first-order chi connectivity index (χ1) is 8.17. The molecule has 0 fully saturated rings. The van der Waals surface area contributed by atoms with E-state index in [2.05, 4.69) is 25.4 Å². The molecule has 0 aromatic carbocycles. The van der Waals surface area contributed by atoms with E-state index in [1.807, 2.05) is 14.0 Å². The van der Waals surface area contributed by atoms with Crippen LogP contribution in [0.3, 0.4) is 0 Å². The summed E-state index contributed by atoms with van der Waals surface area (Å²) in [7, 11) is 1.99. The molecular formula is C10H15N5OS. The van der Waals surface area contributed by atoms with Crippen molar-refractivity contribution in [2.45, 2.75) is 26.6 Å². The van der Waals surface area contributed by atoms with Crippen LogP contribution in [0.15, 0.2) is 9.90 Å². The summed E-state index contributed by atoms with van der Waals surface area (Å²) in [5.74, 6) is 1.12. The summed E-state index contributed by atoms with van der Waals surface area (Å²) >= 11 is 1.66. The van der Waals surface area contributed by atoms with Crippen LogP contribution in [0, 0.1) is 6.92 Å². The second-order valence-electron chi connectivity index (χ2n) is 3.84. The van der Waals surface area contributed by atoms with E-state index in [0.717, 1.165) is 17.2 Å². The third kappa shape index (κ3) is 3.32. The maximum Gasteiger partial charge on any atom is 0.240 e. The molecule has 2 aromatic rings. The lowest BCUT2D eigenvalue weighted by Gasteiger charge is -2.11. The third-order valence-corrected chi connectivity index (χ3v) is 3.02. The van der Waals surface area contributed by atoms with E-state index in [0.29, 0.717) is 18.3 Å². The van der Waals surface area contributed by atoms with Crippen LogP contribution in [0.5, 0.6) is 0 Å². The summed E-state index contributed by atoms with van der Waals surface area (Å²) in [6, 6.07) is 0. The molecular weight excluding hydrogens is 238 g/mol. The molecule has 0 aliphatic heterocycles. The van der Waals surface area contributed by atoms with Crippen molar-refractivity contribution in [1.29, 1.82) is 0 Å². The quantitative estimate of drug-likeness (QED) is 0.853. The molecule has 17 heavy (non-hydrogen) atoms. The van der Waals surface area contributed by atoms with E-state index in [-0.39, 0.29) is 6.54 Å². The Morgan fingerprint density at radius 3 is 2.82 bits per heavy atom. The van der Waals surface area contributed by atoms with Crippen molar-refractivity contribution in [2.75, 3.05) is 7.05 Å². The van der Waals surface area contributed by atoms with E-state index >= 15 is 0 Å². The molecule has 2 rings (SSSR count). The average Bonchev–Trinajstić information content (AvgIpc) is 2.88. The Balaban J connectivity index is 1.90. The molecule has 0 atom stereocenters. The smallest absolute Gasteiger partial charge is 0.240 e. The first-order valence-electron chi connectivity index (χ1n) is 5.28. The third-order valence-electron chi connectivity index (χ3n) is 2.19. The zero-order chi connectivity index (χ0) is 12.3. The number of aryl methyl sites for hydroxylation is 1. The zero-order valence-corrected chi connectivity index (χ0v) is 10.7. The summed E-state index contributed by atoms with van der Waals surface area (Å²) < 4.78 is 4.94. The van der Waals surface area contributed by atoms with E-state index in [1.54, 1.807) is 11.3 Å². The second kappa shape index (κ2) is 5.35. The van der Waals surface area contributed by atoms with Gasteiger partial charge in [-0.1, -0.05) is 5.16 Å². The van der Waals surface area contributed by atoms with Crippen molar-refractivity contribution in [1.82, 2.24) is 20.0 Å². The Bertz CT molecular complexity index is 481. The average molecular weight is 253 g/mol. The highest BCUT2D eigenvalue weighted by molar-refractivity contribution is 7.09. The summed E-state index contributed by atoms with van der Waals surface area (Å²) in [4.78, 5) is 10.6. The maximum atomic E-state index is 5.40. The summed E-state index contributed by atoms with van der Waals surface area (Å²) in [5.41, 5.74) is 6.47. The molecule has 0 unspecified atom stereocenters. The fourth-order valence-corrected chi connectivity index (χ4v) is 2.10. The lowest BCUT2D eigenvalue weighted by atomic mass is 10.4. The van der Waals surface area contributed by atoms with Crippen LogP contribution in [-0.2, 0) is 19.6 Å². The fraction of sp³-hybridized carbons (Fsp3) is 0.500. The van der Waals surface area contributed by atoms with Gasteiger partial charge >= 0.3 is 0 Å². The van der Waals surface area contributed by atoms with Crippen LogP contribution in [0.1, 0.15) is 22.4 Å². The number of hydrogen-bond acceptors (Lipinski definition) is 7. The van der Waals surface area contributed by atoms with Crippen LogP contribution in [0.25, 0.3) is 0 Å². The molecule has 0 spiro atoms. The highest BCUT2D eigenvalue weighted by Crippen LogP contribution is 2.10. The van der Waals surface area contributed by atoms with Crippen molar-refractivity contribution < 1.29 is 4.52 Å². The van der Waals surface area contributed by atoms with Gasteiger partial charge in [-0.3, -0.25) is 4.90 Å². The Labute approximate surface area is 103 Å². The van der Waals surface area contributed by atoms with Crippen LogP contribution in [0.2, 0.25) is 0 Å². The van der Waals surface area contributed by atoms with Gasteiger partial charge in [0.05, 0.1) is 23.8 Å². The standard InChI is InChI=1S/C10H15N5OS/c1-7-12-8(6-17-7)4-15(2)5-9-13-10(3-11)16-14-9/h6H,3-5,11H2,1-2H3. The summed E-state index contributed by atoms with van der Waals surface area (Å²) in [5, 5.41) is 6.99. The van der Waals surface area contributed by atoms with E-state index in [1.165, 1.54) is 0 Å². The van der Waals surface area contributed by atoms with Gasteiger partial charge in [-0.05, 0) is 14.0 Å². The van der Waals surface area contributed by atoms with Gasteiger partial charge in [0.1, 0.15) is 0 Å². The van der Waals surface area contributed by atoms with Gasteiger partial charge in [-0.15, -0.1) is 11.3 Å². The molecule has 0 aliphatic carbocycles. The van der Waals surface area contributed by atoms with Crippen molar-refractivity contribution >= 4 is 11.3 Å². The molecule has 2 heterocycles. The van der Waals surface area contributed by atoms with E-state index in [9.17, 15) is 0 Å². The normalized spacial score (nSPS) is 11.3. The predicted molar refractivity (Wildman–Crippen MR) is 64.2 cm³/mol. The molecule has 0 radical (unpaired) electrons. The molecule has 0 amide bonds. The first-order valence-corrected chi connectivity index (χ1v) is 6.16.